The van der Waals surface area contributed by atoms with Crippen LogP contribution in [0.5, 0.6) is 0 Å². The lowest BCUT2D eigenvalue weighted by atomic mass is 9.80. The standard InChI is InChI=1S/C16H27NO4/c18-14(7-6-13-4-2-1-3-5-13)17-12-16(15(19)20)8-10-21-11-9-16/h13H,1-12H2,(H,17,18)(H,19,20). The molecule has 0 atom stereocenters. The Hall–Kier alpha value is -1.10. The van der Waals surface area contributed by atoms with Gasteiger partial charge in [-0.25, -0.2) is 0 Å². The van der Waals surface area contributed by atoms with Gasteiger partial charge in [0.25, 0.3) is 0 Å². The number of nitrogens with one attached hydrogen (secondary N) is 1. The van der Waals surface area contributed by atoms with E-state index in [0.717, 1.165) is 6.42 Å². The van der Waals surface area contributed by atoms with Crippen LogP contribution < -0.4 is 5.32 Å². The molecule has 1 aliphatic carbocycles. The zero-order valence-electron chi connectivity index (χ0n) is 12.7. The van der Waals surface area contributed by atoms with E-state index in [1.54, 1.807) is 0 Å². The average Bonchev–Trinajstić information content (AvgIpc) is 2.52. The fourth-order valence-corrected chi connectivity index (χ4v) is 3.40. The van der Waals surface area contributed by atoms with E-state index in [2.05, 4.69) is 5.32 Å². The first kappa shape index (κ1) is 16.3. The number of carbonyl (C=O) groups is 2. The minimum atomic E-state index is -0.835. The number of hydrogen-bond acceptors (Lipinski definition) is 3. The summed E-state index contributed by atoms with van der Waals surface area (Å²) in [5, 5.41) is 12.3. The number of carboxylic acid groups (broad SMARTS) is 1. The van der Waals surface area contributed by atoms with Gasteiger partial charge in [-0.15, -0.1) is 0 Å². The average molecular weight is 297 g/mol. The smallest absolute Gasteiger partial charge is 0.311 e. The number of carbonyl (C=O) groups excluding carboxylic acids is 1. The predicted molar refractivity (Wildman–Crippen MR) is 78.9 cm³/mol. The quantitative estimate of drug-likeness (QED) is 0.789. The number of aliphatic carboxylic acids is 1. The van der Waals surface area contributed by atoms with Gasteiger partial charge in [0.05, 0.1) is 5.41 Å². The van der Waals surface area contributed by atoms with Crippen molar-refractivity contribution in [2.75, 3.05) is 19.8 Å². The number of hydrogen-bond donors (Lipinski definition) is 2. The summed E-state index contributed by atoms with van der Waals surface area (Å²) < 4.78 is 5.23. The number of rotatable bonds is 6. The molecule has 1 amide bonds. The van der Waals surface area contributed by atoms with E-state index in [0.29, 0.717) is 38.4 Å². The second-order valence-electron chi connectivity index (χ2n) is 6.52. The van der Waals surface area contributed by atoms with E-state index in [1.807, 2.05) is 0 Å². The summed E-state index contributed by atoms with van der Waals surface area (Å²) in [6, 6.07) is 0. The van der Waals surface area contributed by atoms with Crippen LogP contribution >= 0.6 is 0 Å². The molecule has 0 radical (unpaired) electrons. The molecular weight excluding hydrogens is 270 g/mol. The molecule has 0 unspecified atom stereocenters. The molecule has 120 valence electrons. The highest BCUT2D eigenvalue weighted by atomic mass is 16.5. The Labute approximate surface area is 126 Å². The summed E-state index contributed by atoms with van der Waals surface area (Å²) >= 11 is 0. The lowest BCUT2D eigenvalue weighted by Crippen LogP contribution is -2.46. The SMILES string of the molecule is O=C(CCC1CCCCC1)NCC1(C(=O)O)CCOCC1. The Kier molecular flexibility index (Phi) is 6.03. The van der Waals surface area contributed by atoms with Crippen molar-refractivity contribution in [1.82, 2.24) is 5.32 Å². The second-order valence-corrected chi connectivity index (χ2v) is 6.52. The maximum atomic E-state index is 12.0. The van der Waals surface area contributed by atoms with E-state index in [-0.39, 0.29) is 12.5 Å². The van der Waals surface area contributed by atoms with Gasteiger partial charge in [0, 0.05) is 26.2 Å². The van der Waals surface area contributed by atoms with Crippen molar-refractivity contribution < 1.29 is 19.4 Å². The highest BCUT2D eigenvalue weighted by molar-refractivity contribution is 5.79. The first-order valence-electron chi connectivity index (χ1n) is 8.20. The summed E-state index contributed by atoms with van der Waals surface area (Å²) in [7, 11) is 0. The molecule has 1 aliphatic heterocycles. The van der Waals surface area contributed by atoms with Crippen LogP contribution in [-0.2, 0) is 14.3 Å². The van der Waals surface area contributed by atoms with Crippen molar-refractivity contribution in [3.8, 4) is 0 Å². The monoisotopic (exact) mass is 297 g/mol. The molecule has 0 spiro atoms. The van der Waals surface area contributed by atoms with Gasteiger partial charge in [-0.1, -0.05) is 32.1 Å². The third-order valence-corrected chi connectivity index (χ3v) is 5.03. The maximum Gasteiger partial charge on any atom is 0.311 e. The van der Waals surface area contributed by atoms with Gasteiger partial charge >= 0.3 is 5.97 Å². The van der Waals surface area contributed by atoms with E-state index >= 15 is 0 Å². The molecule has 0 aromatic heterocycles. The van der Waals surface area contributed by atoms with Crippen molar-refractivity contribution in [1.29, 1.82) is 0 Å². The van der Waals surface area contributed by atoms with E-state index < -0.39 is 11.4 Å². The van der Waals surface area contributed by atoms with E-state index in [4.69, 9.17) is 4.74 Å². The molecule has 1 heterocycles. The van der Waals surface area contributed by atoms with Gasteiger partial charge < -0.3 is 15.2 Å². The maximum absolute atomic E-state index is 12.0. The van der Waals surface area contributed by atoms with E-state index in [1.165, 1.54) is 32.1 Å². The van der Waals surface area contributed by atoms with Crippen LogP contribution in [0.3, 0.4) is 0 Å². The summed E-state index contributed by atoms with van der Waals surface area (Å²) in [5.41, 5.74) is -0.835. The minimum Gasteiger partial charge on any atom is -0.481 e. The van der Waals surface area contributed by atoms with Crippen LogP contribution in [0.25, 0.3) is 0 Å². The molecule has 5 nitrogen and oxygen atoms in total. The topological polar surface area (TPSA) is 75.6 Å². The number of carboxylic acids is 1. The van der Waals surface area contributed by atoms with Gasteiger partial charge in [-0.3, -0.25) is 9.59 Å². The van der Waals surface area contributed by atoms with Crippen LogP contribution in [-0.4, -0.2) is 36.7 Å². The molecule has 0 aromatic rings. The normalized spacial score (nSPS) is 22.7. The molecule has 2 fully saturated rings. The molecule has 21 heavy (non-hydrogen) atoms. The van der Waals surface area contributed by atoms with Crippen molar-refractivity contribution >= 4 is 11.9 Å². The van der Waals surface area contributed by atoms with Crippen LogP contribution in [0.4, 0.5) is 0 Å². The van der Waals surface area contributed by atoms with Crippen molar-refractivity contribution in [2.24, 2.45) is 11.3 Å². The molecule has 1 saturated heterocycles. The van der Waals surface area contributed by atoms with Crippen LogP contribution in [0, 0.1) is 11.3 Å². The second kappa shape index (κ2) is 7.78. The van der Waals surface area contributed by atoms with Crippen LogP contribution in [0.1, 0.15) is 57.8 Å². The van der Waals surface area contributed by atoms with Crippen molar-refractivity contribution in [3.63, 3.8) is 0 Å². The highest BCUT2D eigenvalue weighted by Gasteiger charge is 2.40. The molecule has 2 N–H and O–H groups in total. The predicted octanol–water partition coefficient (Wildman–Crippen LogP) is 2.34. The highest BCUT2D eigenvalue weighted by Crippen LogP contribution is 2.30. The Balaban J connectivity index is 1.72. The van der Waals surface area contributed by atoms with Gasteiger partial charge in [-0.2, -0.15) is 0 Å². The lowest BCUT2D eigenvalue weighted by molar-refractivity contribution is -0.154. The number of ether oxygens (including phenoxy) is 1. The lowest BCUT2D eigenvalue weighted by Gasteiger charge is -2.33. The molecule has 5 heteroatoms. The zero-order valence-corrected chi connectivity index (χ0v) is 12.7. The summed E-state index contributed by atoms with van der Waals surface area (Å²) in [6.07, 6.45) is 8.80. The van der Waals surface area contributed by atoms with Crippen molar-refractivity contribution in [3.05, 3.63) is 0 Å². The summed E-state index contributed by atoms with van der Waals surface area (Å²) in [4.78, 5) is 23.4. The fourth-order valence-electron chi connectivity index (χ4n) is 3.40. The van der Waals surface area contributed by atoms with Crippen LogP contribution in [0.15, 0.2) is 0 Å². The minimum absolute atomic E-state index is 0.00677. The third-order valence-electron chi connectivity index (χ3n) is 5.03. The largest absolute Gasteiger partial charge is 0.481 e. The Morgan fingerprint density at radius 3 is 2.43 bits per heavy atom. The molecule has 1 saturated carbocycles. The van der Waals surface area contributed by atoms with Crippen LogP contribution in [0.2, 0.25) is 0 Å². The van der Waals surface area contributed by atoms with Gasteiger partial charge in [-0.05, 0) is 25.2 Å². The van der Waals surface area contributed by atoms with Gasteiger partial charge in [0.2, 0.25) is 5.91 Å². The first-order valence-corrected chi connectivity index (χ1v) is 8.20. The Morgan fingerprint density at radius 1 is 1.14 bits per heavy atom. The molecule has 0 bridgehead atoms. The number of amides is 1. The zero-order chi connectivity index (χ0) is 15.1. The van der Waals surface area contributed by atoms with Gasteiger partial charge in [0.1, 0.15) is 0 Å². The fraction of sp³-hybridized carbons (Fsp3) is 0.875. The Bertz CT molecular complexity index is 357. The van der Waals surface area contributed by atoms with Crippen molar-refractivity contribution in [2.45, 2.75) is 57.8 Å². The summed E-state index contributed by atoms with van der Waals surface area (Å²) in [5.74, 6) is -0.146. The van der Waals surface area contributed by atoms with E-state index in [9.17, 15) is 14.7 Å². The third kappa shape index (κ3) is 4.70. The molecular formula is C16H27NO4. The molecule has 2 aliphatic rings. The first-order chi connectivity index (χ1) is 10.1. The Morgan fingerprint density at radius 2 is 1.81 bits per heavy atom. The van der Waals surface area contributed by atoms with Gasteiger partial charge in [0.15, 0.2) is 0 Å². The molecule has 2 rings (SSSR count). The molecule has 0 aromatic carbocycles. The summed E-state index contributed by atoms with van der Waals surface area (Å²) in [6.45, 7) is 1.16.